The molecule has 1 aromatic rings. The van der Waals surface area contributed by atoms with Gasteiger partial charge in [0.05, 0.1) is 17.4 Å². The maximum atomic E-state index is 5.61. The van der Waals surface area contributed by atoms with E-state index in [1.807, 2.05) is 0 Å². The summed E-state index contributed by atoms with van der Waals surface area (Å²) in [6, 6.07) is 0.514. The van der Waals surface area contributed by atoms with Crippen LogP contribution in [0.5, 0.6) is 0 Å². The van der Waals surface area contributed by atoms with Crippen LogP contribution in [-0.2, 0) is 12.8 Å². The minimum absolute atomic E-state index is 0.514. The second-order valence-electron chi connectivity index (χ2n) is 4.79. The predicted octanol–water partition coefficient (Wildman–Crippen LogP) is 1.70. The summed E-state index contributed by atoms with van der Waals surface area (Å²) in [4.78, 5) is 0. The van der Waals surface area contributed by atoms with Gasteiger partial charge in [-0.3, -0.25) is 0 Å². The summed E-state index contributed by atoms with van der Waals surface area (Å²) in [5.41, 5.74) is 8.03. The van der Waals surface area contributed by atoms with Gasteiger partial charge in [-0.1, -0.05) is 18.6 Å². The van der Waals surface area contributed by atoms with Crippen molar-refractivity contribution >= 4 is 0 Å². The zero-order valence-corrected chi connectivity index (χ0v) is 10.3. The van der Waals surface area contributed by atoms with E-state index in [9.17, 15) is 0 Å². The van der Waals surface area contributed by atoms with E-state index >= 15 is 0 Å². The molecular formula is C12H22N4. The standard InChI is InChI=1S/C12H22N4/c1-3-4-12-11(7-8-13)14-15-16(12)9(2)10-5-6-10/h9-10H,3-8,13H2,1-2H3. The lowest BCUT2D eigenvalue weighted by atomic mass is 10.1. The fourth-order valence-corrected chi connectivity index (χ4v) is 2.28. The first-order valence-electron chi connectivity index (χ1n) is 6.41. The average molecular weight is 222 g/mol. The molecule has 0 aliphatic heterocycles. The Bertz CT molecular complexity index is 341. The highest BCUT2D eigenvalue weighted by atomic mass is 15.4. The maximum absolute atomic E-state index is 5.61. The third-order valence-corrected chi connectivity index (χ3v) is 3.43. The van der Waals surface area contributed by atoms with Gasteiger partial charge in [-0.25, -0.2) is 4.68 Å². The first-order chi connectivity index (χ1) is 7.77. The summed E-state index contributed by atoms with van der Waals surface area (Å²) in [6.45, 7) is 5.12. The highest BCUT2D eigenvalue weighted by Gasteiger charge is 2.31. The quantitative estimate of drug-likeness (QED) is 0.797. The molecule has 1 aromatic heterocycles. The smallest absolute Gasteiger partial charge is 0.0871 e. The van der Waals surface area contributed by atoms with Crippen LogP contribution in [0.15, 0.2) is 0 Å². The van der Waals surface area contributed by atoms with E-state index in [0.717, 1.165) is 30.9 Å². The van der Waals surface area contributed by atoms with Crippen LogP contribution in [0, 0.1) is 5.92 Å². The van der Waals surface area contributed by atoms with Gasteiger partial charge in [0.2, 0.25) is 0 Å². The van der Waals surface area contributed by atoms with Gasteiger partial charge in [0.1, 0.15) is 0 Å². The highest BCUT2D eigenvalue weighted by Crippen LogP contribution is 2.39. The van der Waals surface area contributed by atoms with Crippen molar-refractivity contribution in [2.45, 2.75) is 52.0 Å². The number of rotatable bonds is 6. The molecule has 0 amide bonds. The molecule has 1 saturated carbocycles. The fraction of sp³-hybridized carbons (Fsp3) is 0.833. The predicted molar refractivity (Wildman–Crippen MR) is 64.2 cm³/mol. The highest BCUT2D eigenvalue weighted by molar-refractivity contribution is 5.12. The van der Waals surface area contributed by atoms with E-state index in [4.69, 9.17) is 5.73 Å². The maximum Gasteiger partial charge on any atom is 0.0871 e. The summed E-state index contributed by atoms with van der Waals surface area (Å²) in [5, 5.41) is 8.61. The topological polar surface area (TPSA) is 56.7 Å². The number of nitrogens with two attached hydrogens (primary N) is 1. The molecule has 4 heteroatoms. The lowest BCUT2D eigenvalue weighted by molar-refractivity contribution is 0.414. The summed E-state index contributed by atoms with van der Waals surface area (Å²) < 4.78 is 2.14. The Labute approximate surface area is 97.2 Å². The van der Waals surface area contributed by atoms with Gasteiger partial charge in [0.15, 0.2) is 0 Å². The molecule has 2 rings (SSSR count). The van der Waals surface area contributed by atoms with Crippen LogP contribution in [0.3, 0.4) is 0 Å². The zero-order valence-electron chi connectivity index (χ0n) is 10.3. The third kappa shape index (κ3) is 2.26. The van der Waals surface area contributed by atoms with E-state index in [-0.39, 0.29) is 0 Å². The molecule has 4 nitrogen and oxygen atoms in total. The van der Waals surface area contributed by atoms with Crippen LogP contribution in [0.25, 0.3) is 0 Å². The molecule has 2 N–H and O–H groups in total. The number of hydrogen-bond acceptors (Lipinski definition) is 3. The zero-order chi connectivity index (χ0) is 11.5. The molecule has 1 unspecified atom stereocenters. The second kappa shape index (κ2) is 4.95. The monoisotopic (exact) mass is 222 g/mol. The molecule has 1 atom stereocenters. The van der Waals surface area contributed by atoms with Crippen molar-refractivity contribution in [2.24, 2.45) is 11.7 Å². The van der Waals surface area contributed by atoms with E-state index in [1.165, 1.54) is 18.5 Å². The normalized spacial score (nSPS) is 17.7. The number of aromatic nitrogens is 3. The van der Waals surface area contributed by atoms with Gasteiger partial charge < -0.3 is 5.73 Å². The molecule has 1 fully saturated rings. The van der Waals surface area contributed by atoms with Crippen LogP contribution < -0.4 is 5.73 Å². The van der Waals surface area contributed by atoms with Crippen LogP contribution in [0.1, 0.15) is 50.5 Å². The van der Waals surface area contributed by atoms with E-state index < -0.39 is 0 Å². The molecule has 1 aliphatic carbocycles. The minimum Gasteiger partial charge on any atom is -0.330 e. The van der Waals surface area contributed by atoms with Gasteiger partial charge in [0.25, 0.3) is 0 Å². The number of nitrogens with zero attached hydrogens (tertiary/aromatic N) is 3. The van der Waals surface area contributed by atoms with Crippen molar-refractivity contribution in [3.05, 3.63) is 11.4 Å². The SMILES string of the molecule is CCCc1c(CCN)nnn1C(C)C1CC1. The molecule has 90 valence electrons. The minimum atomic E-state index is 0.514. The van der Waals surface area contributed by atoms with Crippen molar-refractivity contribution in [3.8, 4) is 0 Å². The van der Waals surface area contributed by atoms with Gasteiger partial charge in [-0.05, 0) is 38.6 Å². The Morgan fingerprint density at radius 3 is 2.75 bits per heavy atom. The molecule has 0 saturated heterocycles. The fourth-order valence-electron chi connectivity index (χ4n) is 2.28. The van der Waals surface area contributed by atoms with E-state index in [1.54, 1.807) is 0 Å². The Morgan fingerprint density at radius 2 is 2.19 bits per heavy atom. The first kappa shape index (κ1) is 11.6. The van der Waals surface area contributed by atoms with E-state index in [2.05, 4.69) is 28.8 Å². The van der Waals surface area contributed by atoms with E-state index in [0.29, 0.717) is 12.6 Å². The van der Waals surface area contributed by atoms with Crippen LogP contribution in [-0.4, -0.2) is 21.5 Å². The summed E-state index contributed by atoms with van der Waals surface area (Å²) in [6.07, 6.45) is 5.76. The van der Waals surface area contributed by atoms with Gasteiger partial charge >= 0.3 is 0 Å². The summed E-state index contributed by atoms with van der Waals surface area (Å²) in [7, 11) is 0. The van der Waals surface area contributed by atoms with Crippen molar-refractivity contribution < 1.29 is 0 Å². The Kier molecular flexibility index (Phi) is 3.59. The lowest BCUT2D eigenvalue weighted by Gasteiger charge is -2.14. The van der Waals surface area contributed by atoms with Gasteiger partial charge in [0, 0.05) is 6.42 Å². The number of hydrogen-bond donors (Lipinski definition) is 1. The largest absolute Gasteiger partial charge is 0.330 e. The molecule has 1 aliphatic rings. The van der Waals surface area contributed by atoms with Gasteiger partial charge in [-0.15, -0.1) is 5.10 Å². The Hall–Kier alpha value is -0.900. The summed E-state index contributed by atoms with van der Waals surface area (Å²) in [5.74, 6) is 0.822. The molecular weight excluding hydrogens is 200 g/mol. The lowest BCUT2D eigenvalue weighted by Crippen LogP contribution is -2.14. The molecule has 0 radical (unpaired) electrons. The van der Waals surface area contributed by atoms with Gasteiger partial charge in [-0.2, -0.15) is 0 Å². The average Bonchev–Trinajstić information content (AvgIpc) is 3.05. The van der Waals surface area contributed by atoms with Crippen LogP contribution in [0.4, 0.5) is 0 Å². The molecule has 0 spiro atoms. The molecule has 0 aromatic carbocycles. The first-order valence-corrected chi connectivity index (χ1v) is 6.41. The van der Waals surface area contributed by atoms with Crippen molar-refractivity contribution in [3.63, 3.8) is 0 Å². The molecule has 0 bridgehead atoms. The van der Waals surface area contributed by atoms with Crippen LogP contribution >= 0.6 is 0 Å². The Morgan fingerprint density at radius 1 is 1.44 bits per heavy atom. The molecule has 1 heterocycles. The van der Waals surface area contributed by atoms with Crippen molar-refractivity contribution in [1.82, 2.24) is 15.0 Å². The Balaban J connectivity index is 2.21. The molecule has 16 heavy (non-hydrogen) atoms. The van der Waals surface area contributed by atoms with Crippen LogP contribution in [0.2, 0.25) is 0 Å². The third-order valence-electron chi connectivity index (χ3n) is 3.43. The van der Waals surface area contributed by atoms with Crippen molar-refractivity contribution in [1.29, 1.82) is 0 Å². The van der Waals surface area contributed by atoms with Crippen molar-refractivity contribution in [2.75, 3.05) is 6.54 Å². The summed E-state index contributed by atoms with van der Waals surface area (Å²) >= 11 is 0. The second-order valence-corrected chi connectivity index (χ2v) is 4.79.